The third kappa shape index (κ3) is 9.48. The lowest BCUT2D eigenvalue weighted by atomic mass is 9.87. The molecule has 0 aliphatic rings. The van der Waals surface area contributed by atoms with Crippen LogP contribution in [0.5, 0.6) is 0 Å². The van der Waals surface area contributed by atoms with Crippen molar-refractivity contribution in [3.05, 3.63) is 240 Å². The van der Waals surface area contributed by atoms with Crippen LogP contribution in [-0.2, 0) is 10.8 Å². The zero-order chi connectivity index (χ0) is 44.3. The Balaban J connectivity index is 0.895. The van der Waals surface area contributed by atoms with E-state index >= 15 is 0 Å². The topological polar surface area (TPSA) is 6.48 Å². The smallest absolute Gasteiger partial charge is 0.0462 e. The minimum atomic E-state index is 0.107. The van der Waals surface area contributed by atoms with E-state index in [1.165, 1.54) is 43.8 Å². The molecule has 9 aromatic rings. The van der Waals surface area contributed by atoms with Crippen LogP contribution in [-0.4, -0.2) is 0 Å². The predicted molar refractivity (Wildman–Crippen MR) is 279 cm³/mol. The largest absolute Gasteiger partial charge is 0.311 e. The van der Waals surface area contributed by atoms with E-state index in [1.54, 1.807) is 0 Å². The first kappa shape index (κ1) is 41.9. The third-order valence-electron chi connectivity index (χ3n) is 12.1. The number of nitrogens with zero attached hydrogens (tertiary/aromatic N) is 2. The van der Waals surface area contributed by atoms with Crippen molar-refractivity contribution in [1.29, 1.82) is 0 Å². The van der Waals surface area contributed by atoms with E-state index in [-0.39, 0.29) is 10.8 Å². The molecule has 2 heteroatoms. The van der Waals surface area contributed by atoms with Gasteiger partial charge in [-0.15, -0.1) is 0 Å². The van der Waals surface area contributed by atoms with Gasteiger partial charge in [0, 0.05) is 34.1 Å². The van der Waals surface area contributed by atoms with Crippen LogP contribution in [0.1, 0.15) is 74.9 Å². The van der Waals surface area contributed by atoms with E-state index in [9.17, 15) is 0 Å². The summed E-state index contributed by atoms with van der Waals surface area (Å²) in [7, 11) is 0. The summed E-state index contributed by atoms with van der Waals surface area (Å²) in [5, 5.41) is 4.94. The molecule has 0 radical (unpaired) electrons. The standard InChI is InChI=1S/C62H56N2/c1-61(2,3)53-29-37-59(38-30-53)63(55-13-9-7-10-14-55)57-33-23-45(24-34-57)17-19-47-21-27-49-44-52-42-48(22-28-50(52)43-51(49)41-47)20-18-46-25-35-58(36-26-46)64(56-15-11-8-12-16-56)60-39-31-54(32-40-60)62(4,5)6/h7-44H,1-6H3. The van der Waals surface area contributed by atoms with E-state index < -0.39 is 0 Å². The Morgan fingerprint density at radius 2 is 0.547 bits per heavy atom. The molecule has 9 rings (SSSR count). The molecule has 314 valence electrons. The number of anilines is 6. The summed E-state index contributed by atoms with van der Waals surface area (Å²) < 4.78 is 0. The molecule has 0 spiro atoms. The molecule has 0 heterocycles. The molecule has 0 unspecified atom stereocenters. The predicted octanol–water partition coefficient (Wildman–Crippen LogP) is 17.9. The molecule has 9 aromatic carbocycles. The summed E-state index contributed by atoms with van der Waals surface area (Å²) in [6.07, 6.45) is 8.83. The van der Waals surface area contributed by atoms with Gasteiger partial charge in [0.1, 0.15) is 0 Å². The lowest BCUT2D eigenvalue weighted by Crippen LogP contribution is -2.13. The SMILES string of the molecule is CC(C)(C)c1ccc(N(c2ccccc2)c2ccc(C=Cc3ccc4cc5cc(C=Cc6ccc(N(c7ccccc7)c7ccc(C(C)(C)C)cc7)cc6)ccc5cc4c3)cc2)cc1. The normalized spacial score (nSPS) is 12.1. The molecule has 0 saturated carbocycles. The molecule has 64 heavy (non-hydrogen) atoms. The number of hydrogen-bond acceptors (Lipinski definition) is 2. The van der Waals surface area contributed by atoms with Crippen molar-refractivity contribution in [2.45, 2.75) is 52.4 Å². The van der Waals surface area contributed by atoms with Crippen LogP contribution in [0.2, 0.25) is 0 Å². The van der Waals surface area contributed by atoms with Gasteiger partial charge in [0.2, 0.25) is 0 Å². The Morgan fingerprint density at radius 3 is 0.875 bits per heavy atom. The number of para-hydroxylation sites is 2. The maximum Gasteiger partial charge on any atom is 0.0462 e. The van der Waals surface area contributed by atoms with Gasteiger partial charge in [0.05, 0.1) is 0 Å². The minimum absolute atomic E-state index is 0.107. The Hall–Kier alpha value is -7.42. The summed E-state index contributed by atoms with van der Waals surface area (Å²) in [6, 6.07) is 74.9. The van der Waals surface area contributed by atoms with E-state index in [0.717, 1.165) is 45.3 Å². The van der Waals surface area contributed by atoms with Gasteiger partial charge < -0.3 is 9.80 Å². The van der Waals surface area contributed by atoms with Gasteiger partial charge in [-0.05, 0) is 163 Å². The zero-order valence-electron chi connectivity index (χ0n) is 37.8. The number of fused-ring (bicyclic) bond motifs is 2. The Kier molecular flexibility index (Phi) is 11.6. The second-order valence-electron chi connectivity index (χ2n) is 18.9. The summed E-state index contributed by atoms with van der Waals surface area (Å²) in [5.74, 6) is 0. The van der Waals surface area contributed by atoms with Gasteiger partial charge in [-0.1, -0.05) is 175 Å². The van der Waals surface area contributed by atoms with E-state index in [4.69, 9.17) is 0 Å². The Labute approximate surface area is 380 Å². The fraction of sp³-hybridized carbons (Fsp3) is 0.129. The highest BCUT2D eigenvalue weighted by molar-refractivity contribution is 6.00. The summed E-state index contributed by atoms with van der Waals surface area (Å²) in [6.45, 7) is 13.5. The van der Waals surface area contributed by atoms with Gasteiger partial charge in [-0.25, -0.2) is 0 Å². The van der Waals surface area contributed by atoms with Gasteiger partial charge in [-0.3, -0.25) is 0 Å². The van der Waals surface area contributed by atoms with E-state index in [0.29, 0.717) is 0 Å². The first-order valence-electron chi connectivity index (χ1n) is 22.4. The highest BCUT2D eigenvalue weighted by atomic mass is 15.1. The minimum Gasteiger partial charge on any atom is -0.311 e. The van der Waals surface area contributed by atoms with Crippen molar-refractivity contribution in [3.63, 3.8) is 0 Å². The van der Waals surface area contributed by atoms with Crippen LogP contribution in [0.25, 0.3) is 45.8 Å². The quantitative estimate of drug-likeness (QED) is 0.100. The molecule has 0 bridgehead atoms. The average Bonchev–Trinajstić information content (AvgIpc) is 3.31. The lowest BCUT2D eigenvalue weighted by molar-refractivity contribution is 0.590. The van der Waals surface area contributed by atoms with Gasteiger partial charge in [0.25, 0.3) is 0 Å². The van der Waals surface area contributed by atoms with Gasteiger partial charge >= 0.3 is 0 Å². The van der Waals surface area contributed by atoms with Crippen LogP contribution in [0, 0.1) is 0 Å². The van der Waals surface area contributed by atoms with Gasteiger partial charge in [0.15, 0.2) is 0 Å². The number of rotatable bonds is 10. The van der Waals surface area contributed by atoms with Crippen LogP contribution in [0.3, 0.4) is 0 Å². The zero-order valence-corrected chi connectivity index (χ0v) is 37.8. The van der Waals surface area contributed by atoms with E-state index in [1.807, 2.05) is 0 Å². The van der Waals surface area contributed by atoms with Crippen LogP contribution in [0.4, 0.5) is 34.1 Å². The second kappa shape index (κ2) is 17.8. The van der Waals surface area contributed by atoms with Crippen molar-refractivity contribution in [3.8, 4) is 0 Å². The van der Waals surface area contributed by atoms with Crippen molar-refractivity contribution < 1.29 is 0 Å². The van der Waals surface area contributed by atoms with Crippen LogP contribution in [0.15, 0.2) is 206 Å². The Morgan fingerprint density at radius 1 is 0.266 bits per heavy atom. The highest BCUT2D eigenvalue weighted by Gasteiger charge is 2.18. The molecule has 0 amide bonds. The average molecular weight is 829 g/mol. The molecular formula is C62H56N2. The fourth-order valence-electron chi connectivity index (χ4n) is 8.37. The maximum atomic E-state index is 2.32. The third-order valence-corrected chi connectivity index (χ3v) is 12.1. The first-order chi connectivity index (χ1) is 30.9. The number of benzene rings is 9. The van der Waals surface area contributed by atoms with Crippen molar-refractivity contribution in [1.82, 2.24) is 0 Å². The Bertz CT molecular complexity index is 2840. The molecule has 0 N–H and O–H groups in total. The summed E-state index contributed by atoms with van der Waals surface area (Å²) in [4.78, 5) is 4.64. The second-order valence-corrected chi connectivity index (χ2v) is 18.9. The first-order valence-corrected chi connectivity index (χ1v) is 22.4. The molecular weight excluding hydrogens is 773 g/mol. The molecule has 0 atom stereocenters. The molecule has 0 aliphatic heterocycles. The molecule has 2 nitrogen and oxygen atoms in total. The highest BCUT2D eigenvalue weighted by Crippen LogP contribution is 2.38. The van der Waals surface area contributed by atoms with Crippen molar-refractivity contribution >= 4 is 80.0 Å². The summed E-state index contributed by atoms with van der Waals surface area (Å²) >= 11 is 0. The number of hydrogen-bond donors (Lipinski definition) is 0. The van der Waals surface area contributed by atoms with Crippen molar-refractivity contribution in [2.24, 2.45) is 0 Å². The van der Waals surface area contributed by atoms with E-state index in [2.05, 4.69) is 282 Å². The molecule has 0 fully saturated rings. The van der Waals surface area contributed by atoms with Crippen LogP contribution >= 0.6 is 0 Å². The maximum absolute atomic E-state index is 2.32. The lowest BCUT2D eigenvalue weighted by Gasteiger charge is -2.27. The molecule has 0 aromatic heterocycles. The van der Waals surface area contributed by atoms with Crippen molar-refractivity contribution in [2.75, 3.05) is 9.80 Å². The molecule has 0 aliphatic carbocycles. The van der Waals surface area contributed by atoms with Gasteiger partial charge in [-0.2, -0.15) is 0 Å². The van der Waals surface area contributed by atoms with Crippen LogP contribution < -0.4 is 9.80 Å². The summed E-state index contributed by atoms with van der Waals surface area (Å²) in [5.41, 5.74) is 14.4. The molecule has 0 saturated heterocycles. The fourth-order valence-corrected chi connectivity index (χ4v) is 8.37. The monoisotopic (exact) mass is 828 g/mol.